The summed E-state index contributed by atoms with van der Waals surface area (Å²) in [4.78, 5) is 42.0. The van der Waals surface area contributed by atoms with Gasteiger partial charge in [-0.1, -0.05) is 0 Å². The molecule has 3 amide bonds. The second-order valence-corrected chi connectivity index (χ2v) is 6.62. The van der Waals surface area contributed by atoms with Gasteiger partial charge in [0.1, 0.15) is 11.8 Å². The van der Waals surface area contributed by atoms with Gasteiger partial charge in [0.25, 0.3) is 0 Å². The van der Waals surface area contributed by atoms with Crippen LogP contribution in [0, 0.1) is 5.92 Å². The first kappa shape index (κ1) is 17.3. The second kappa shape index (κ2) is 6.74. The van der Waals surface area contributed by atoms with Crippen molar-refractivity contribution in [2.75, 3.05) is 39.2 Å². The number of anilines is 1. The van der Waals surface area contributed by atoms with Crippen LogP contribution in [0.2, 0.25) is 0 Å². The molecule has 0 unspecified atom stereocenters. The molecule has 7 heteroatoms. The van der Waals surface area contributed by atoms with Crippen molar-refractivity contribution in [3.8, 4) is 5.75 Å². The van der Waals surface area contributed by atoms with Gasteiger partial charge in [-0.15, -0.1) is 0 Å². The summed E-state index contributed by atoms with van der Waals surface area (Å²) >= 11 is 0. The Kier molecular flexibility index (Phi) is 4.65. The summed E-state index contributed by atoms with van der Waals surface area (Å²) in [7, 11) is 4.98. The first-order valence-corrected chi connectivity index (χ1v) is 8.38. The van der Waals surface area contributed by atoms with Gasteiger partial charge >= 0.3 is 0 Å². The van der Waals surface area contributed by atoms with Gasteiger partial charge in [0.05, 0.1) is 13.0 Å². The molecule has 0 aliphatic carbocycles. The zero-order valence-corrected chi connectivity index (χ0v) is 14.8. The van der Waals surface area contributed by atoms with Crippen molar-refractivity contribution < 1.29 is 19.1 Å². The van der Waals surface area contributed by atoms with Gasteiger partial charge in [-0.3, -0.25) is 14.4 Å². The van der Waals surface area contributed by atoms with Crippen LogP contribution in [0.3, 0.4) is 0 Å². The van der Waals surface area contributed by atoms with Crippen LogP contribution < -0.4 is 9.64 Å². The van der Waals surface area contributed by atoms with E-state index in [0.29, 0.717) is 25.3 Å². The van der Waals surface area contributed by atoms with E-state index in [1.807, 2.05) is 12.1 Å². The lowest BCUT2D eigenvalue weighted by atomic mass is 10.1. The van der Waals surface area contributed by atoms with Gasteiger partial charge in [0.15, 0.2) is 0 Å². The number of amides is 3. The molecule has 1 aromatic rings. The summed E-state index contributed by atoms with van der Waals surface area (Å²) in [6, 6.07) is 6.78. The third kappa shape index (κ3) is 3.18. The highest BCUT2D eigenvalue weighted by molar-refractivity contribution is 6.01. The van der Waals surface area contributed by atoms with E-state index in [0.717, 1.165) is 5.69 Å². The van der Waals surface area contributed by atoms with Gasteiger partial charge < -0.3 is 19.4 Å². The lowest BCUT2D eigenvalue weighted by molar-refractivity contribution is -0.142. The van der Waals surface area contributed by atoms with Crippen LogP contribution in [0.25, 0.3) is 0 Å². The fraction of sp³-hybridized carbons (Fsp3) is 0.500. The Balaban J connectivity index is 1.69. The van der Waals surface area contributed by atoms with Crippen LogP contribution >= 0.6 is 0 Å². The summed E-state index contributed by atoms with van der Waals surface area (Å²) in [6.07, 6.45) is 0.812. The van der Waals surface area contributed by atoms with Gasteiger partial charge in [0, 0.05) is 39.3 Å². The van der Waals surface area contributed by atoms with E-state index in [2.05, 4.69) is 0 Å². The van der Waals surface area contributed by atoms with Crippen molar-refractivity contribution in [3.63, 3.8) is 0 Å². The molecule has 0 bridgehead atoms. The summed E-state index contributed by atoms with van der Waals surface area (Å²) < 4.78 is 5.13. The highest BCUT2D eigenvalue weighted by Gasteiger charge is 2.41. The molecule has 134 valence electrons. The molecule has 0 saturated carbocycles. The SMILES string of the molecule is COc1ccc(N2C[C@@H](C(=O)N(C)[C@@H]3CCN(C)C3=O)CC2=O)cc1. The molecular weight excluding hydrogens is 322 g/mol. The van der Waals surface area contributed by atoms with Crippen LogP contribution in [0.5, 0.6) is 5.75 Å². The molecule has 1 aromatic carbocycles. The minimum atomic E-state index is -0.418. The Labute approximate surface area is 147 Å². The Morgan fingerprint density at radius 1 is 1.24 bits per heavy atom. The van der Waals surface area contributed by atoms with E-state index in [4.69, 9.17) is 4.74 Å². The average molecular weight is 345 g/mol. The zero-order valence-electron chi connectivity index (χ0n) is 14.8. The molecule has 0 N–H and O–H groups in total. The Hall–Kier alpha value is -2.57. The number of hydrogen-bond donors (Lipinski definition) is 0. The summed E-state index contributed by atoms with van der Waals surface area (Å²) in [5.74, 6) is 0.0434. The smallest absolute Gasteiger partial charge is 0.245 e. The first-order valence-electron chi connectivity index (χ1n) is 8.38. The number of likely N-dealkylation sites (N-methyl/N-ethyl adjacent to an activating group) is 2. The summed E-state index contributed by atoms with van der Waals surface area (Å²) in [5, 5.41) is 0. The van der Waals surface area contributed by atoms with E-state index >= 15 is 0 Å². The zero-order chi connectivity index (χ0) is 18.1. The molecule has 25 heavy (non-hydrogen) atoms. The first-order chi connectivity index (χ1) is 11.9. The largest absolute Gasteiger partial charge is 0.497 e. The third-order valence-electron chi connectivity index (χ3n) is 5.07. The van der Waals surface area contributed by atoms with Crippen molar-refractivity contribution in [1.82, 2.24) is 9.80 Å². The maximum Gasteiger partial charge on any atom is 0.245 e. The maximum atomic E-state index is 12.8. The van der Waals surface area contributed by atoms with Gasteiger partial charge in [-0.25, -0.2) is 0 Å². The predicted molar refractivity (Wildman–Crippen MR) is 92.3 cm³/mol. The third-order valence-corrected chi connectivity index (χ3v) is 5.07. The number of methoxy groups -OCH3 is 1. The molecule has 7 nitrogen and oxygen atoms in total. The monoisotopic (exact) mass is 345 g/mol. The molecule has 2 fully saturated rings. The summed E-state index contributed by atoms with van der Waals surface area (Å²) in [5.41, 5.74) is 0.750. The van der Waals surface area contributed by atoms with E-state index < -0.39 is 12.0 Å². The van der Waals surface area contributed by atoms with Crippen LogP contribution in [-0.2, 0) is 14.4 Å². The van der Waals surface area contributed by atoms with Crippen LogP contribution in [-0.4, -0.2) is 67.9 Å². The molecular formula is C18H23N3O4. The average Bonchev–Trinajstić information content (AvgIpc) is 3.17. The highest BCUT2D eigenvalue weighted by atomic mass is 16.5. The topological polar surface area (TPSA) is 70.2 Å². The molecule has 2 atom stereocenters. The van der Waals surface area contributed by atoms with E-state index in [9.17, 15) is 14.4 Å². The quantitative estimate of drug-likeness (QED) is 0.807. The van der Waals surface area contributed by atoms with Gasteiger partial charge in [0.2, 0.25) is 17.7 Å². The minimum Gasteiger partial charge on any atom is -0.497 e. The van der Waals surface area contributed by atoms with Gasteiger partial charge in [-0.05, 0) is 30.7 Å². The standard InChI is InChI=1S/C18H23N3O4/c1-19-9-8-15(18(19)24)20(2)17(23)12-10-16(22)21(11-12)13-4-6-14(25-3)7-5-13/h4-7,12,15H,8-11H2,1-3H3/t12-,15+/m0/s1. The number of ether oxygens (including phenoxy) is 1. The number of nitrogens with zero attached hydrogens (tertiary/aromatic N) is 3. The van der Waals surface area contributed by atoms with Gasteiger partial charge in [-0.2, -0.15) is 0 Å². The molecule has 3 rings (SSSR count). The maximum absolute atomic E-state index is 12.8. The Morgan fingerprint density at radius 3 is 2.48 bits per heavy atom. The molecule has 2 aliphatic heterocycles. The van der Waals surface area contributed by atoms with Crippen LogP contribution in [0.4, 0.5) is 5.69 Å². The van der Waals surface area contributed by atoms with E-state index in [1.54, 1.807) is 43.1 Å². The minimum absolute atomic E-state index is 0.0350. The summed E-state index contributed by atoms with van der Waals surface area (Å²) in [6.45, 7) is 0.994. The normalized spacial score (nSPS) is 23.3. The fourth-order valence-corrected chi connectivity index (χ4v) is 3.49. The van der Waals surface area contributed by atoms with Crippen molar-refractivity contribution in [2.24, 2.45) is 5.92 Å². The van der Waals surface area contributed by atoms with Crippen molar-refractivity contribution >= 4 is 23.4 Å². The van der Waals surface area contributed by atoms with Crippen molar-refractivity contribution in [1.29, 1.82) is 0 Å². The van der Waals surface area contributed by atoms with Crippen LogP contribution in [0.15, 0.2) is 24.3 Å². The molecule has 0 spiro atoms. The molecule has 0 aromatic heterocycles. The molecule has 2 saturated heterocycles. The van der Waals surface area contributed by atoms with E-state index in [1.165, 1.54) is 4.90 Å². The number of hydrogen-bond acceptors (Lipinski definition) is 4. The number of carbonyl (C=O) groups is 3. The molecule has 2 aliphatic rings. The molecule has 0 radical (unpaired) electrons. The van der Waals surface area contributed by atoms with Crippen LogP contribution in [0.1, 0.15) is 12.8 Å². The molecule has 2 heterocycles. The predicted octanol–water partition coefficient (Wildman–Crippen LogP) is 0.737. The van der Waals surface area contributed by atoms with Crippen molar-refractivity contribution in [2.45, 2.75) is 18.9 Å². The lowest BCUT2D eigenvalue weighted by Crippen LogP contribution is -2.45. The highest BCUT2D eigenvalue weighted by Crippen LogP contribution is 2.28. The fourth-order valence-electron chi connectivity index (χ4n) is 3.49. The van der Waals surface area contributed by atoms with Crippen molar-refractivity contribution in [3.05, 3.63) is 24.3 Å². The Morgan fingerprint density at radius 2 is 1.92 bits per heavy atom. The number of likely N-dealkylation sites (tertiary alicyclic amines) is 1. The second-order valence-electron chi connectivity index (χ2n) is 6.62. The lowest BCUT2D eigenvalue weighted by Gasteiger charge is -2.26. The number of carbonyl (C=O) groups excluding carboxylic acids is 3. The number of rotatable bonds is 4. The van der Waals surface area contributed by atoms with E-state index in [-0.39, 0.29) is 24.1 Å². The number of benzene rings is 1. The Bertz CT molecular complexity index is 688.